The second-order valence-electron chi connectivity index (χ2n) is 0. The molecule has 0 aromatic carbocycles. The molecule has 0 rings (SSSR count). The Bertz CT molecular complexity index is 15.5. The van der Waals surface area contributed by atoms with Crippen molar-refractivity contribution in [3.05, 3.63) is 0 Å². The summed E-state index contributed by atoms with van der Waals surface area (Å²) in [6, 6.07) is 0. The van der Waals surface area contributed by atoms with Crippen molar-refractivity contribution in [1.29, 1.82) is 0 Å². The molecule has 0 aliphatic heterocycles. The molecule has 0 heterocycles. The van der Waals surface area contributed by atoms with Crippen molar-refractivity contribution in [2.24, 2.45) is 0 Å². The van der Waals surface area contributed by atoms with Crippen LogP contribution >= 0.6 is 9.90 Å². The Morgan fingerprint density at radius 3 is 1.00 bits per heavy atom. The molecule has 1 radical (unpaired) electrons. The Hall–Kier alpha value is 3.34. The maximum Gasteiger partial charge on any atom is 0 e. The zero-order valence-electron chi connectivity index (χ0n) is 2.73. The molecule has 1 unspecified atom stereocenters. The molecule has 6 heteroatoms. The molecule has 1 atom stereocenters. The summed E-state index contributed by atoms with van der Waals surface area (Å²) in [6.07, 6.45) is 0. The molecule has 6 heavy (non-hydrogen) atoms. The Morgan fingerprint density at radius 1 is 1.00 bits per heavy atom. The van der Waals surface area contributed by atoms with Gasteiger partial charge >= 0.3 is 0 Å². The van der Waals surface area contributed by atoms with Crippen LogP contribution in [0.2, 0.25) is 0 Å². The van der Waals surface area contributed by atoms with E-state index in [1.165, 1.54) is 0 Å². The van der Waals surface area contributed by atoms with Crippen LogP contribution in [-0.4, -0.2) is 0 Å². The van der Waals surface area contributed by atoms with E-state index in [2.05, 4.69) is 0 Å². The van der Waals surface area contributed by atoms with Gasteiger partial charge in [-0.05, 0) is 0 Å². The van der Waals surface area contributed by atoms with E-state index < -0.39 is 0 Å². The van der Waals surface area contributed by atoms with Gasteiger partial charge in [0, 0.05) is 92.6 Å². The second-order valence-corrected chi connectivity index (χ2v) is 0. The molecule has 0 N–H and O–H groups in total. The minimum absolute atomic E-state index is 0. The first-order chi connectivity index (χ1) is 0. The van der Waals surface area contributed by atoms with Crippen LogP contribution in [0.1, 0.15) is 0 Å². The standard InChI is InChI=1S/Co.Ni.H3P.Pd.Ru.Zn/h;;1H3;;;. The van der Waals surface area contributed by atoms with Crippen molar-refractivity contribution in [3.63, 3.8) is 0 Å². The van der Waals surface area contributed by atoms with Gasteiger partial charge in [-0.3, -0.25) is 0 Å². The number of hydrogen-bond acceptors (Lipinski definition) is 0. The van der Waals surface area contributed by atoms with Crippen molar-refractivity contribution in [3.8, 4) is 0 Å². The molecule has 0 saturated carbocycles. The average Bonchev–Trinajstić information content (AvgIpc) is 0. The van der Waals surface area contributed by atoms with Gasteiger partial charge < -0.3 is 0 Å². The molecule has 0 amide bonds. The first kappa shape index (κ1) is 58.2. The Labute approximate surface area is 101 Å². The number of rotatable bonds is 0. The zero-order chi connectivity index (χ0) is 0. The van der Waals surface area contributed by atoms with Crippen LogP contribution in [0.15, 0.2) is 0 Å². The van der Waals surface area contributed by atoms with Gasteiger partial charge in [0.05, 0.1) is 0 Å². The maximum atomic E-state index is 0. The number of hydrogen-bond donors (Lipinski definition) is 0. The second kappa shape index (κ2) is 40.3. The van der Waals surface area contributed by atoms with Gasteiger partial charge in [-0.25, -0.2) is 0 Å². The van der Waals surface area contributed by atoms with Crippen molar-refractivity contribution in [2.75, 3.05) is 0 Å². The quantitative estimate of drug-likeness (QED) is 0.381. The fourth-order valence-corrected chi connectivity index (χ4v) is 0. The molecule has 47 valence electrons. The summed E-state index contributed by atoms with van der Waals surface area (Å²) in [6.45, 7) is 0. The van der Waals surface area contributed by atoms with E-state index in [0.717, 1.165) is 0 Å². The van der Waals surface area contributed by atoms with Crippen LogP contribution < -0.4 is 0 Å². The fourth-order valence-electron chi connectivity index (χ4n) is 0. The Kier molecular flexibility index (Phi) is 391. The van der Waals surface area contributed by atoms with E-state index in [9.17, 15) is 0 Å². The van der Waals surface area contributed by atoms with Gasteiger partial charge in [-0.1, -0.05) is 0 Å². The molecular formula is H3CoNiPPdRuZn. The predicted molar refractivity (Wildman–Crippen MR) is 11.1 cm³/mol. The van der Waals surface area contributed by atoms with E-state index in [-0.39, 0.29) is 103 Å². The molecule has 0 aromatic heterocycles. The van der Waals surface area contributed by atoms with E-state index in [4.69, 9.17) is 0 Å². The fraction of sp³-hybridized carbons (Fsp3) is 0. The molecule has 0 nitrogen and oxygen atoms in total. The van der Waals surface area contributed by atoms with Crippen LogP contribution in [-0.2, 0) is 92.6 Å². The van der Waals surface area contributed by atoms with Crippen molar-refractivity contribution < 1.29 is 92.6 Å². The van der Waals surface area contributed by atoms with Gasteiger partial charge in [0.15, 0.2) is 0 Å². The SMILES string of the molecule is P.[Co].[Ni].[Pd].[Ru].[Zn]. The summed E-state index contributed by atoms with van der Waals surface area (Å²) in [5.41, 5.74) is 0. The minimum Gasteiger partial charge on any atom is -0.153 e. The predicted octanol–water partition coefficient (Wildman–Crippen LogP) is 0.0456. The molecule has 0 aliphatic carbocycles. The Morgan fingerprint density at radius 2 is 1.00 bits per heavy atom. The summed E-state index contributed by atoms with van der Waals surface area (Å²) in [5.74, 6) is 0. The van der Waals surface area contributed by atoms with Gasteiger partial charge in [-0.2, -0.15) is 9.90 Å². The third-order valence-electron chi connectivity index (χ3n) is 0. The van der Waals surface area contributed by atoms with Crippen LogP contribution in [0.25, 0.3) is 0 Å². The third kappa shape index (κ3) is 26.5. The van der Waals surface area contributed by atoms with E-state index >= 15 is 0 Å². The van der Waals surface area contributed by atoms with Crippen molar-refractivity contribution in [1.82, 2.24) is 0 Å². The summed E-state index contributed by atoms with van der Waals surface area (Å²) in [7, 11) is 0. The smallest absolute Gasteiger partial charge is 0 e. The molecule has 0 aliphatic rings. The summed E-state index contributed by atoms with van der Waals surface area (Å²) < 4.78 is 0. The molecular weight excluding hydrogens is 421 g/mol. The normalized spacial score (nSPS) is 0. The summed E-state index contributed by atoms with van der Waals surface area (Å²) in [4.78, 5) is 0. The van der Waals surface area contributed by atoms with Crippen LogP contribution in [0, 0.1) is 0 Å². The van der Waals surface area contributed by atoms with Crippen molar-refractivity contribution >= 4 is 9.90 Å². The monoisotopic (exact) mass is 423 g/mol. The third-order valence-corrected chi connectivity index (χ3v) is 0. The van der Waals surface area contributed by atoms with Gasteiger partial charge in [-0.15, -0.1) is 0 Å². The van der Waals surface area contributed by atoms with Crippen molar-refractivity contribution in [2.45, 2.75) is 0 Å². The first-order valence-corrected chi connectivity index (χ1v) is 0. The zero-order valence-corrected chi connectivity index (χ0v) is 12.4. The molecule has 0 aromatic rings. The molecule has 0 spiro atoms. The summed E-state index contributed by atoms with van der Waals surface area (Å²) >= 11 is 0. The Balaban J connectivity index is 0. The van der Waals surface area contributed by atoms with Gasteiger partial charge in [0.1, 0.15) is 0 Å². The van der Waals surface area contributed by atoms with Gasteiger partial charge in [0.2, 0.25) is 0 Å². The van der Waals surface area contributed by atoms with Crippen LogP contribution in [0.4, 0.5) is 0 Å². The first-order valence-electron chi connectivity index (χ1n) is 0. The van der Waals surface area contributed by atoms with Crippen LogP contribution in [0.3, 0.4) is 0 Å². The minimum atomic E-state index is 0. The average molecular weight is 425 g/mol. The largest absolute Gasteiger partial charge is 0.153 e. The van der Waals surface area contributed by atoms with E-state index in [1.54, 1.807) is 0 Å². The molecule has 0 saturated heterocycles. The maximum absolute atomic E-state index is 0. The van der Waals surface area contributed by atoms with E-state index in [0.29, 0.717) is 0 Å². The topological polar surface area (TPSA) is 0 Å². The summed E-state index contributed by atoms with van der Waals surface area (Å²) in [5, 5.41) is 0. The molecule has 0 bridgehead atoms. The van der Waals surface area contributed by atoms with Crippen LogP contribution in [0.5, 0.6) is 0 Å². The van der Waals surface area contributed by atoms with E-state index in [1.807, 2.05) is 0 Å². The van der Waals surface area contributed by atoms with Gasteiger partial charge in [0.25, 0.3) is 0 Å². The molecule has 0 fully saturated rings.